The Balaban J connectivity index is 0.000000326. The zero-order valence-electron chi connectivity index (χ0n) is 93.8. The highest BCUT2D eigenvalue weighted by Crippen LogP contribution is 2.53. The van der Waals surface area contributed by atoms with Gasteiger partial charge in [-0.2, -0.15) is 0 Å². The van der Waals surface area contributed by atoms with Crippen molar-refractivity contribution >= 4 is 112 Å². The molecule has 0 amide bonds. The Morgan fingerprint density at radius 1 is 0.200 bits per heavy atom. The van der Waals surface area contributed by atoms with Gasteiger partial charge in [0, 0.05) is 97.4 Å². The molecule has 0 N–H and O–H groups in total. The van der Waals surface area contributed by atoms with Crippen molar-refractivity contribution in [1.82, 2.24) is 0 Å². The van der Waals surface area contributed by atoms with Gasteiger partial charge in [-0.05, 0) is 297 Å². The molecule has 0 aromatic heterocycles. The van der Waals surface area contributed by atoms with E-state index in [0.29, 0.717) is 18.1 Å². The van der Waals surface area contributed by atoms with Gasteiger partial charge in [0.1, 0.15) is 18.1 Å². The lowest BCUT2D eigenvalue weighted by atomic mass is 9.67. The molecule has 9 aromatic rings. The van der Waals surface area contributed by atoms with Crippen molar-refractivity contribution in [2.75, 3.05) is 58.9 Å². The molecule has 0 heterocycles. The van der Waals surface area contributed by atoms with Crippen molar-refractivity contribution in [3.8, 4) is 0 Å². The highest BCUT2D eigenvalue weighted by Gasteiger charge is 2.47. The first kappa shape index (κ1) is 129. The molecular formula is C129H189BCl9N3O3. The summed E-state index contributed by atoms with van der Waals surface area (Å²) in [5, 5.41) is 33.0. The van der Waals surface area contributed by atoms with Crippen LogP contribution >= 0.6 is 104 Å². The van der Waals surface area contributed by atoms with Crippen LogP contribution in [0, 0.1) is 62.3 Å². The van der Waals surface area contributed by atoms with Gasteiger partial charge in [0.2, 0.25) is 0 Å². The molecule has 0 spiro atoms. The zero-order chi connectivity index (χ0) is 107. The lowest BCUT2D eigenvalue weighted by Gasteiger charge is -2.47. The van der Waals surface area contributed by atoms with Crippen LogP contribution in [-0.2, 0) is 16.2 Å². The SMILES string of the molecule is CCCCCCC(CCC(c1ccc(C)c(Cl)c1)[N+](CCCC)(CCCC)CCCC)(c1ccc(C)c(Cl)c1)c1ccc(C)c(Cl)c1.CCCCCCC(CCC(c1ccc(C)c(Cl)c1)[N+](CCCC)(CCCC)CCCC)(c1ccc(C)c(Cl)c1)c1ccc(C)c(Cl)c1.CCCCCCC(CCC(c1ccc(C)c(Cl)c1)[N+](CCCC)(CCCC)CCCC)(c1ccc(C)c(Cl)c1)c1ccc(C)c(Cl)c1.[O-]B([O-])[O-]. The van der Waals surface area contributed by atoms with Crippen LogP contribution < -0.4 is 15.1 Å². The Hall–Kier alpha value is -4.59. The highest BCUT2D eigenvalue weighted by atomic mass is 35.5. The Kier molecular flexibility index (Phi) is 59.8. The van der Waals surface area contributed by atoms with Crippen molar-refractivity contribution < 1.29 is 28.5 Å². The van der Waals surface area contributed by atoms with Gasteiger partial charge >= 0.3 is 0 Å². The number of unbranched alkanes of at least 4 members (excludes halogenated alkanes) is 18. The number of halogens is 9. The lowest BCUT2D eigenvalue weighted by Crippen LogP contribution is -2.56. The van der Waals surface area contributed by atoms with Gasteiger partial charge in [-0.15, -0.1) is 0 Å². The van der Waals surface area contributed by atoms with Crippen molar-refractivity contribution in [3.63, 3.8) is 0 Å². The second kappa shape index (κ2) is 67.2. The van der Waals surface area contributed by atoms with E-state index in [1.165, 1.54) is 302 Å². The first-order valence-corrected chi connectivity index (χ1v) is 60.3. The number of rotatable bonds is 63. The van der Waals surface area contributed by atoms with Crippen LogP contribution in [0.15, 0.2) is 164 Å². The summed E-state index contributed by atoms with van der Waals surface area (Å²) in [7, 11) is -2.92. The minimum Gasteiger partial charge on any atom is -0.907 e. The first-order valence-electron chi connectivity index (χ1n) is 56.9. The first-order chi connectivity index (χ1) is 69.4. The number of hydrogen-bond donors (Lipinski definition) is 0. The van der Waals surface area contributed by atoms with Crippen molar-refractivity contribution in [3.05, 3.63) is 309 Å². The van der Waals surface area contributed by atoms with E-state index in [-0.39, 0.29) is 16.2 Å². The van der Waals surface area contributed by atoms with E-state index in [2.05, 4.69) is 309 Å². The van der Waals surface area contributed by atoms with Crippen LogP contribution in [0.4, 0.5) is 0 Å². The summed E-state index contributed by atoms with van der Waals surface area (Å²) in [6, 6.07) is 62.8. The molecule has 0 aliphatic rings. The summed E-state index contributed by atoms with van der Waals surface area (Å²) in [6.45, 7) is 57.9. The van der Waals surface area contributed by atoms with Crippen LogP contribution in [0.1, 0.15) is 452 Å². The number of aryl methyl sites for hydroxylation is 9. The fourth-order valence-corrected chi connectivity index (χ4v) is 24.7. The molecule has 6 nitrogen and oxygen atoms in total. The van der Waals surface area contributed by atoms with Gasteiger partial charge in [-0.3, -0.25) is 7.32 Å². The minimum absolute atomic E-state index is 0.203. The fraction of sp³-hybridized carbons (Fsp3) is 0.581. The lowest BCUT2D eigenvalue weighted by molar-refractivity contribution is -0.958. The van der Waals surface area contributed by atoms with Crippen LogP contribution in [0.2, 0.25) is 45.2 Å². The Labute approximate surface area is 930 Å². The van der Waals surface area contributed by atoms with E-state index in [4.69, 9.17) is 119 Å². The monoisotopic (exact) mass is 2150 g/mol. The smallest absolute Gasteiger partial charge is 0.115 e. The van der Waals surface area contributed by atoms with E-state index >= 15 is 0 Å². The topological polar surface area (TPSA) is 69.2 Å². The molecule has 0 saturated carbocycles. The van der Waals surface area contributed by atoms with E-state index in [9.17, 15) is 0 Å². The maximum Gasteiger partial charge on any atom is 0.115 e. The Morgan fingerprint density at radius 3 is 0.483 bits per heavy atom. The van der Waals surface area contributed by atoms with Gasteiger partial charge in [0.15, 0.2) is 0 Å². The molecule has 145 heavy (non-hydrogen) atoms. The third kappa shape index (κ3) is 38.2. The van der Waals surface area contributed by atoms with Crippen LogP contribution in [0.25, 0.3) is 0 Å². The number of benzene rings is 9. The molecule has 0 fully saturated rings. The van der Waals surface area contributed by atoms with E-state index in [1.807, 2.05) is 0 Å². The van der Waals surface area contributed by atoms with Crippen molar-refractivity contribution in [2.24, 2.45) is 0 Å². The van der Waals surface area contributed by atoms with Crippen LogP contribution in [0.5, 0.6) is 0 Å². The molecule has 804 valence electrons. The van der Waals surface area contributed by atoms with Gasteiger partial charge in [-0.25, -0.2) is 0 Å². The summed E-state index contributed by atoms with van der Waals surface area (Å²) in [4.78, 5) is 0. The third-order valence-corrected chi connectivity index (χ3v) is 36.3. The summed E-state index contributed by atoms with van der Waals surface area (Å²) < 4.78 is 3.43. The zero-order valence-corrected chi connectivity index (χ0v) is 101. The molecule has 3 unspecified atom stereocenters. The van der Waals surface area contributed by atoms with E-state index in [1.54, 1.807) is 0 Å². The summed E-state index contributed by atoms with van der Waals surface area (Å²) >= 11 is 62.4. The average Bonchev–Trinajstić information content (AvgIpc) is 0.762. The van der Waals surface area contributed by atoms with Crippen molar-refractivity contribution in [2.45, 2.75) is 430 Å². The number of nitrogens with zero attached hydrogens (tertiary/aromatic N) is 3. The van der Waals surface area contributed by atoms with Crippen LogP contribution in [0.3, 0.4) is 0 Å². The second-order valence-electron chi connectivity index (χ2n) is 43.3. The molecule has 9 aromatic carbocycles. The molecule has 0 aliphatic carbocycles. The number of quaternary nitrogens is 3. The minimum atomic E-state index is -2.92. The predicted molar refractivity (Wildman–Crippen MR) is 635 cm³/mol. The second-order valence-corrected chi connectivity index (χ2v) is 47.0. The van der Waals surface area contributed by atoms with Gasteiger partial charge in [0.05, 0.1) is 58.9 Å². The Morgan fingerprint density at radius 2 is 0.345 bits per heavy atom. The molecule has 0 aliphatic heterocycles. The maximum atomic E-state index is 8.42. The normalized spacial score (nSPS) is 12.7. The van der Waals surface area contributed by atoms with Gasteiger partial charge in [-0.1, -0.05) is 432 Å². The van der Waals surface area contributed by atoms with Gasteiger partial charge in [0.25, 0.3) is 0 Å². The average molecular weight is 2160 g/mol. The molecular weight excluding hydrogens is 1970 g/mol. The van der Waals surface area contributed by atoms with Crippen molar-refractivity contribution in [1.29, 1.82) is 0 Å². The van der Waals surface area contributed by atoms with Crippen LogP contribution in [-0.4, -0.2) is 79.7 Å². The molecule has 16 heteroatoms. The quantitative estimate of drug-likeness (QED) is 0.0217. The van der Waals surface area contributed by atoms with E-state index in [0.717, 1.165) is 167 Å². The maximum absolute atomic E-state index is 8.42. The van der Waals surface area contributed by atoms with E-state index < -0.39 is 7.32 Å². The largest absolute Gasteiger partial charge is 0.907 e. The Bertz CT molecular complexity index is 4500. The predicted octanol–water partition coefficient (Wildman–Crippen LogP) is 39.8. The highest BCUT2D eigenvalue weighted by molar-refractivity contribution is 6.34. The van der Waals surface area contributed by atoms with Gasteiger partial charge < -0.3 is 28.5 Å². The standard InChI is InChI=1S/3C43H63Cl3N.BO3/c3*1-8-12-16-17-25-43(37-22-19-34(6)40(45)31-37,38-23-20-35(7)41(46)32-38)26-24-42(36-21-18-33(5)39(44)30-36)47(27-13-9-2,28-14-10-3)29-15-11-4;2-1(3)4/h3*18-23,30-32,42H,8-17,24-29H2,1-7H3;/q3*+1;-3. The fourth-order valence-electron chi connectivity index (χ4n) is 23.0. The molecule has 0 bridgehead atoms. The molecule has 0 saturated heterocycles. The summed E-state index contributed by atoms with van der Waals surface area (Å²) in [6.07, 6.45) is 46.3. The molecule has 0 radical (unpaired) electrons. The third-order valence-electron chi connectivity index (χ3n) is 32.6. The number of hydrogen-bond acceptors (Lipinski definition) is 3. The summed E-state index contributed by atoms with van der Waals surface area (Å²) in [5.41, 5.74) is 21.7. The molecule has 3 atom stereocenters. The molecule has 9 rings (SSSR count). The summed E-state index contributed by atoms with van der Waals surface area (Å²) in [5.74, 6) is 0.